The molecule has 0 heterocycles. The Kier molecular flexibility index (Phi) is 6.70. The molecule has 0 N–H and O–H groups in total. The van der Waals surface area contributed by atoms with Gasteiger partial charge in [0.15, 0.2) is 0 Å². The standard InChI is InChI=1S/C14H8I2O2Se2/c15-11-7-3-1-5-9(11)13(17)19-20-14(18)10-6-2-4-8-12(10)16/h1-8H. The zero-order valence-corrected chi connectivity index (χ0v) is 17.7. The van der Waals surface area contributed by atoms with Gasteiger partial charge in [0.1, 0.15) is 0 Å². The van der Waals surface area contributed by atoms with E-state index in [0.717, 1.165) is 18.3 Å². The number of benzene rings is 2. The van der Waals surface area contributed by atoms with Crippen LogP contribution in [0.15, 0.2) is 48.5 Å². The summed E-state index contributed by atoms with van der Waals surface area (Å²) in [4.78, 5) is 24.3. The summed E-state index contributed by atoms with van der Waals surface area (Å²) in [6.45, 7) is 0. The molecule has 0 saturated carbocycles. The topological polar surface area (TPSA) is 34.1 Å². The molecule has 102 valence electrons. The molecule has 0 saturated heterocycles. The minimum atomic E-state index is -0.287. The van der Waals surface area contributed by atoms with E-state index in [9.17, 15) is 9.59 Å². The van der Waals surface area contributed by atoms with Gasteiger partial charge in [0, 0.05) is 0 Å². The van der Waals surface area contributed by atoms with E-state index >= 15 is 0 Å². The summed E-state index contributed by atoms with van der Waals surface area (Å²) in [5.41, 5.74) is 1.48. The van der Waals surface area contributed by atoms with Gasteiger partial charge in [0.25, 0.3) is 0 Å². The molecule has 2 aromatic rings. The van der Waals surface area contributed by atoms with Gasteiger partial charge in [-0.15, -0.1) is 0 Å². The quantitative estimate of drug-likeness (QED) is 0.381. The monoisotopic (exact) mass is 622 g/mol. The fourth-order valence-corrected chi connectivity index (χ4v) is 8.55. The second-order valence-electron chi connectivity index (χ2n) is 3.70. The van der Waals surface area contributed by atoms with Crippen LogP contribution in [0.1, 0.15) is 20.7 Å². The summed E-state index contributed by atoms with van der Waals surface area (Å²) in [6.07, 6.45) is 0. The summed E-state index contributed by atoms with van der Waals surface area (Å²) in [6, 6.07) is 15.0. The molecule has 20 heavy (non-hydrogen) atoms. The van der Waals surface area contributed by atoms with Crippen molar-refractivity contribution in [3.8, 4) is 0 Å². The molecule has 2 nitrogen and oxygen atoms in total. The van der Waals surface area contributed by atoms with Crippen molar-refractivity contribution in [1.82, 2.24) is 0 Å². The third-order valence-corrected chi connectivity index (χ3v) is 10.2. The van der Waals surface area contributed by atoms with Crippen LogP contribution in [0.5, 0.6) is 0 Å². The van der Waals surface area contributed by atoms with Crippen LogP contribution in [0.4, 0.5) is 0 Å². The Balaban J connectivity index is 2.03. The summed E-state index contributed by atoms with van der Waals surface area (Å²) >= 11 is 3.74. The van der Waals surface area contributed by atoms with E-state index in [1.165, 1.54) is 0 Å². The summed E-state index contributed by atoms with van der Waals surface area (Å²) in [5, 5.41) is 0. The van der Waals surface area contributed by atoms with E-state index in [2.05, 4.69) is 45.2 Å². The molecule has 2 aromatic carbocycles. The van der Waals surface area contributed by atoms with E-state index in [-0.39, 0.29) is 35.6 Å². The van der Waals surface area contributed by atoms with Crippen molar-refractivity contribution in [2.24, 2.45) is 0 Å². The molecule has 0 aliphatic carbocycles. The van der Waals surface area contributed by atoms with E-state index < -0.39 is 0 Å². The predicted octanol–water partition coefficient (Wildman–Crippen LogP) is 3.20. The van der Waals surface area contributed by atoms with Crippen LogP contribution in [-0.4, -0.2) is 35.6 Å². The Morgan fingerprint density at radius 2 is 1.05 bits per heavy atom. The Bertz CT molecular complexity index is 602. The van der Waals surface area contributed by atoms with Crippen molar-refractivity contribution >= 4 is 80.8 Å². The summed E-state index contributed by atoms with van der Waals surface area (Å²) < 4.78 is 2.13. The Hall–Kier alpha value is 0.279. The second-order valence-corrected chi connectivity index (χ2v) is 11.9. The van der Waals surface area contributed by atoms with Crippen LogP contribution < -0.4 is 0 Å². The Labute approximate surface area is 155 Å². The van der Waals surface area contributed by atoms with Gasteiger partial charge < -0.3 is 0 Å². The van der Waals surface area contributed by atoms with Crippen molar-refractivity contribution < 1.29 is 9.59 Å². The number of hydrogen-bond acceptors (Lipinski definition) is 2. The van der Waals surface area contributed by atoms with Crippen molar-refractivity contribution in [2.45, 2.75) is 0 Å². The first-order chi connectivity index (χ1) is 9.59. The predicted molar refractivity (Wildman–Crippen MR) is 98.5 cm³/mol. The van der Waals surface area contributed by atoms with E-state index in [1.807, 2.05) is 48.5 Å². The average molecular weight is 620 g/mol. The maximum absolute atomic E-state index is 12.2. The number of carbonyl (C=O) groups is 2. The maximum atomic E-state index is 12.2. The van der Waals surface area contributed by atoms with Crippen LogP contribution in [0.2, 0.25) is 0 Å². The molecule has 0 atom stereocenters. The first kappa shape index (κ1) is 16.6. The van der Waals surface area contributed by atoms with Crippen LogP contribution in [0, 0.1) is 7.14 Å². The molecule has 0 radical (unpaired) electrons. The number of halogens is 2. The van der Waals surface area contributed by atoms with E-state index in [0.29, 0.717) is 0 Å². The normalized spacial score (nSPS) is 10.3. The number of hydrogen-bond donors (Lipinski definition) is 0. The molecule has 0 fully saturated rings. The first-order valence-electron chi connectivity index (χ1n) is 5.52. The Morgan fingerprint density at radius 3 is 1.40 bits per heavy atom. The van der Waals surface area contributed by atoms with Crippen LogP contribution in [0.3, 0.4) is 0 Å². The molecule has 0 aliphatic heterocycles. The fraction of sp³-hybridized carbons (Fsp3) is 0. The molecule has 6 heteroatoms. The molecular formula is C14H8I2O2Se2. The van der Waals surface area contributed by atoms with E-state index in [4.69, 9.17) is 0 Å². The fourth-order valence-electron chi connectivity index (χ4n) is 1.42. The average Bonchev–Trinajstić information content (AvgIpc) is 2.45. The first-order valence-corrected chi connectivity index (χ1v) is 13.7. The van der Waals surface area contributed by atoms with Gasteiger partial charge in [-0.1, -0.05) is 0 Å². The van der Waals surface area contributed by atoms with Crippen molar-refractivity contribution in [3.05, 3.63) is 66.8 Å². The third kappa shape index (κ3) is 4.38. The van der Waals surface area contributed by atoms with Gasteiger partial charge in [-0.25, -0.2) is 0 Å². The van der Waals surface area contributed by atoms with E-state index in [1.54, 1.807) is 0 Å². The SMILES string of the molecule is O=C([Se][Se]C(=O)c1ccccc1I)c1ccccc1I. The van der Waals surface area contributed by atoms with Gasteiger partial charge in [0.2, 0.25) is 0 Å². The van der Waals surface area contributed by atoms with Crippen LogP contribution >= 0.6 is 45.2 Å². The molecule has 0 unspecified atom stereocenters. The van der Waals surface area contributed by atoms with Crippen molar-refractivity contribution in [1.29, 1.82) is 0 Å². The molecule has 2 rings (SSSR count). The molecule has 0 bridgehead atoms. The summed E-state index contributed by atoms with van der Waals surface area (Å²) in [5.74, 6) is 0. The van der Waals surface area contributed by atoms with Gasteiger partial charge in [0.05, 0.1) is 0 Å². The van der Waals surface area contributed by atoms with Gasteiger partial charge >= 0.3 is 157 Å². The van der Waals surface area contributed by atoms with Gasteiger partial charge in [-0.2, -0.15) is 0 Å². The third-order valence-electron chi connectivity index (χ3n) is 2.38. The van der Waals surface area contributed by atoms with Crippen LogP contribution in [0.25, 0.3) is 0 Å². The molecule has 0 aliphatic rings. The zero-order valence-electron chi connectivity index (χ0n) is 10.0. The van der Waals surface area contributed by atoms with Crippen molar-refractivity contribution in [2.75, 3.05) is 0 Å². The molecule has 0 amide bonds. The van der Waals surface area contributed by atoms with Crippen LogP contribution in [-0.2, 0) is 0 Å². The zero-order chi connectivity index (χ0) is 14.5. The number of carbonyl (C=O) groups excluding carboxylic acids is 2. The number of rotatable bonds is 5. The minimum absolute atomic E-state index is 0.113. The second kappa shape index (κ2) is 8.05. The van der Waals surface area contributed by atoms with Gasteiger partial charge in [-0.3, -0.25) is 0 Å². The summed E-state index contributed by atoms with van der Waals surface area (Å²) in [7, 11) is 0. The molecule has 0 spiro atoms. The van der Waals surface area contributed by atoms with Gasteiger partial charge in [-0.05, 0) is 0 Å². The molecule has 0 aromatic heterocycles. The van der Waals surface area contributed by atoms with Crippen molar-refractivity contribution in [3.63, 3.8) is 0 Å². The Morgan fingerprint density at radius 1 is 0.700 bits per heavy atom. The molecular weight excluding hydrogens is 612 g/mol.